The van der Waals surface area contributed by atoms with Gasteiger partial charge in [-0.2, -0.15) is 4.31 Å². The molecule has 0 saturated carbocycles. The summed E-state index contributed by atoms with van der Waals surface area (Å²) < 4.78 is 27.8. The van der Waals surface area contributed by atoms with Crippen molar-refractivity contribution in [2.45, 2.75) is 30.6 Å². The van der Waals surface area contributed by atoms with Crippen LogP contribution in [-0.4, -0.2) is 37.1 Å². The fourth-order valence-electron chi connectivity index (χ4n) is 3.81. The number of hydrogen-bond donors (Lipinski definition) is 1. The molecule has 1 fully saturated rings. The molecule has 0 bridgehead atoms. The van der Waals surface area contributed by atoms with Crippen LogP contribution in [0.1, 0.15) is 36.0 Å². The Morgan fingerprint density at radius 2 is 1.69 bits per heavy atom. The standard InChI is InChI=1S/C21H20Cl2N2O3S/c22-14-5-7-19(23)17(11-14)21-18(13-26)16-12-15(6-8-20(16)24-21)29(27,28)25-9-3-1-2-4-10-25/h5-8,11-13,24H,1-4,9-10H2. The van der Waals surface area contributed by atoms with Gasteiger partial charge in [-0.1, -0.05) is 36.0 Å². The zero-order chi connectivity index (χ0) is 20.6. The Hall–Kier alpha value is -1.86. The molecule has 1 saturated heterocycles. The molecule has 4 rings (SSSR count). The maximum absolute atomic E-state index is 13.1. The number of rotatable bonds is 4. The van der Waals surface area contributed by atoms with Gasteiger partial charge in [0.15, 0.2) is 6.29 Å². The van der Waals surface area contributed by atoms with E-state index in [0.29, 0.717) is 57.1 Å². The van der Waals surface area contributed by atoms with Gasteiger partial charge in [-0.05, 0) is 49.2 Å². The normalized spacial score (nSPS) is 16.1. The first-order valence-corrected chi connectivity index (χ1v) is 11.7. The summed E-state index contributed by atoms with van der Waals surface area (Å²) in [5.41, 5.74) is 2.13. The fraction of sp³-hybridized carbons (Fsp3) is 0.286. The van der Waals surface area contributed by atoms with Crippen molar-refractivity contribution in [3.63, 3.8) is 0 Å². The Morgan fingerprint density at radius 3 is 2.38 bits per heavy atom. The summed E-state index contributed by atoms with van der Waals surface area (Å²) in [6, 6.07) is 9.84. The van der Waals surface area contributed by atoms with E-state index < -0.39 is 10.0 Å². The minimum Gasteiger partial charge on any atom is -0.354 e. The van der Waals surface area contributed by atoms with E-state index >= 15 is 0 Å². The predicted molar refractivity (Wildman–Crippen MR) is 116 cm³/mol. The van der Waals surface area contributed by atoms with E-state index in [4.69, 9.17) is 23.2 Å². The molecule has 0 unspecified atom stereocenters. The fourth-order valence-corrected chi connectivity index (χ4v) is 5.74. The molecule has 0 atom stereocenters. The van der Waals surface area contributed by atoms with E-state index in [2.05, 4.69) is 4.98 Å². The number of hydrogen-bond acceptors (Lipinski definition) is 3. The SMILES string of the molecule is O=Cc1c(-c2cc(Cl)ccc2Cl)[nH]c2ccc(S(=O)(=O)N3CCCCCC3)cc12. The van der Waals surface area contributed by atoms with E-state index in [0.717, 1.165) is 25.7 Å². The highest BCUT2D eigenvalue weighted by Crippen LogP contribution is 2.36. The van der Waals surface area contributed by atoms with Crippen molar-refractivity contribution < 1.29 is 13.2 Å². The second kappa shape index (κ2) is 8.11. The summed E-state index contributed by atoms with van der Waals surface area (Å²) in [6.07, 6.45) is 4.53. The van der Waals surface area contributed by atoms with Crippen molar-refractivity contribution in [3.05, 3.63) is 52.0 Å². The molecule has 0 radical (unpaired) electrons. The Balaban J connectivity index is 1.84. The number of nitrogens with zero attached hydrogens (tertiary/aromatic N) is 1. The Kier molecular flexibility index (Phi) is 5.71. The number of halogens is 2. The van der Waals surface area contributed by atoms with Crippen molar-refractivity contribution >= 4 is 50.4 Å². The number of aromatic nitrogens is 1. The molecule has 1 aromatic heterocycles. The molecule has 2 heterocycles. The lowest BCUT2D eigenvalue weighted by Gasteiger charge is -2.20. The summed E-state index contributed by atoms with van der Waals surface area (Å²) >= 11 is 12.4. The van der Waals surface area contributed by atoms with Crippen LogP contribution >= 0.6 is 23.2 Å². The van der Waals surface area contributed by atoms with Crippen LogP contribution in [0.25, 0.3) is 22.2 Å². The van der Waals surface area contributed by atoms with Crippen LogP contribution in [0, 0.1) is 0 Å². The average molecular weight is 451 g/mol. The lowest BCUT2D eigenvalue weighted by Crippen LogP contribution is -2.31. The van der Waals surface area contributed by atoms with Gasteiger partial charge in [-0.25, -0.2) is 8.42 Å². The van der Waals surface area contributed by atoms with Crippen molar-refractivity contribution in [1.82, 2.24) is 9.29 Å². The van der Waals surface area contributed by atoms with E-state index in [1.54, 1.807) is 40.7 Å². The molecule has 3 aromatic rings. The molecule has 1 aliphatic heterocycles. The molecule has 0 spiro atoms. The van der Waals surface area contributed by atoms with Crippen LogP contribution in [0.15, 0.2) is 41.3 Å². The maximum atomic E-state index is 13.1. The van der Waals surface area contributed by atoms with E-state index in [-0.39, 0.29) is 4.90 Å². The molecule has 29 heavy (non-hydrogen) atoms. The van der Waals surface area contributed by atoms with Crippen LogP contribution in [0.3, 0.4) is 0 Å². The zero-order valence-electron chi connectivity index (χ0n) is 15.6. The zero-order valence-corrected chi connectivity index (χ0v) is 17.9. The summed E-state index contributed by atoms with van der Waals surface area (Å²) in [7, 11) is -3.62. The van der Waals surface area contributed by atoms with Gasteiger partial charge in [0, 0.05) is 40.1 Å². The van der Waals surface area contributed by atoms with Crippen LogP contribution < -0.4 is 0 Å². The van der Waals surface area contributed by atoms with Gasteiger partial charge in [0.25, 0.3) is 0 Å². The number of fused-ring (bicyclic) bond motifs is 1. The molecule has 0 aliphatic carbocycles. The lowest BCUT2D eigenvalue weighted by molar-refractivity contribution is 0.112. The molecule has 152 valence electrons. The van der Waals surface area contributed by atoms with Crippen LogP contribution in [0.4, 0.5) is 0 Å². The summed E-state index contributed by atoms with van der Waals surface area (Å²) in [4.78, 5) is 15.3. The minimum atomic E-state index is -3.62. The Labute approximate surface area is 179 Å². The highest BCUT2D eigenvalue weighted by molar-refractivity contribution is 7.89. The van der Waals surface area contributed by atoms with E-state index in [1.807, 2.05) is 0 Å². The predicted octanol–water partition coefficient (Wildman–Crippen LogP) is 5.52. The summed E-state index contributed by atoms with van der Waals surface area (Å²) in [5.74, 6) is 0. The third-order valence-corrected chi connectivity index (χ3v) is 7.79. The molecular formula is C21H20Cl2N2O3S. The average Bonchev–Trinajstić information content (AvgIpc) is 2.87. The smallest absolute Gasteiger partial charge is 0.243 e. The van der Waals surface area contributed by atoms with Gasteiger partial charge < -0.3 is 4.98 Å². The number of carbonyl (C=O) groups is 1. The second-order valence-electron chi connectivity index (χ2n) is 7.18. The van der Waals surface area contributed by atoms with Crippen molar-refractivity contribution in [3.8, 4) is 11.3 Å². The maximum Gasteiger partial charge on any atom is 0.243 e. The van der Waals surface area contributed by atoms with Gasteiger partial charge in [0.05, 0.1) is 15.6 Å². The monoisotopic (exact) mass is 450 g/mol. The first-order chi connectivity index (χ1) is 13.9. The van der Waals surface area contributed by atoms with Crippen molar-refractivity contribution in [2.24, 2.45) is 0 Å². The van der Waals surface area contributed by atoms with E-state index in [9.17, 15) is 13.2 Å². The number of carbonyl (C=O) groups excluding carboxylic acids is 1. The summed E-state index contributed by atoms with van der Waals surface area (Å²) in [5, 5.41) is 1.48. The highest BCUT2D eigenvalue weighted by Gasteiger charge is 2.26. The molecule has 2 aromatic carbocycles. The van der Waals surface area contributed by atoms with Gasteiger partial charge >= 0.3 is 0 Å². The molecular weight excluding hydrogens is 431 g/mol. The van der Waals surface area contributed by atoms with Gasteiger partial charge in [-0.15, -0.1) is 0 Å². The van der Waals surface area contributed by atoms with Crippen LogP contribution in [0.2, 0.25) is 10.0 Å². The topological polar surface area (TPSA) is 70.2 Å². The largest absolute Gasteiger partial charge is 0.354 e. The lowest BCUT2D eigenvalue weighted by atomic mass is 10.1. The minimum absolute atomic E-state index is 0.192. The third kappa shape index (κ3) is 3.82. The highest BCUT2D eigenvalue weighted by atomic mass is 35.5. The Bertz CT molecular complexity index is 1180. The van der Waals surface area contributed by atoms with Gasteiger partial charge in [0.2, 0.25) is 10.0 Å². The van der Waals surface area contributed by atoms with Crippen molar-refractivity contribution in [1.29, 1.82) is 0 Å². The second-order valence-corrected chi connectivity index (χ2v) is 9.96. The third-order valence-electron chi connectivity index (χ3n) is 5.33. The van der Waals surface area contributed by atoms with Crippen LogP contribution in [0.5, 0.6) is 0 Å². The van der Waals surface area contributed by atoms with Crippen molar-refractivity contribution in [2.75, 3.05) is 13.1 Å². The quantitative estimate of drug-likeness (QED) is 0.531. The van der Waals surface area contributed by atoms with Crippen LogP contribution in [-0.2, 0) is 10.0 Å². The number of aromatic amines is 1. The first kappa shape index (κ1) is 20.4. The van der Waals surface area contributed by atoms with Gasteiger partial charge in [0.1, 0.15) is 0 Å². The molecule has 0 amide bonds. The molecule has 1 aliphatic rings. The molecule has 1 N–H and O–H groups in total. The first-order valence-electron chi connectivity index (χ1n) is 9.48. The van der Waals surface area contributed by atoms with Gasteiger partial charge in [-0.3, -0.25) is 4.79 Å². The van der Waals surface area contributed by atoms with E-state index in [1.165, 1.54) is 0 Å². The number of sulfonamides is 1. The molecule has 5 nitrogen and oxygen atoms in total. The molecule has 8 heteroatoms. The number of aldehydes is 1. The number of nitrogens with one attached hydrogen (secondary N) is 1. The summed E-state index contributed by atoms with van der Waals surface area (Å²) in [6.45, 7) is 1.05. The number of H-pyrrole nitrogens is 1. The Morgan fingerprint density at radius 1 is 0.966 bits per heavy atom. The number of benzene rings is 2.